The Morgan fingerprint density at radius 2 is 1.95 bits per heavy atom. The molecular formula is C17H13BrN2. The summed E-state index contributed by atoms with van der Waals surface area (Å²) in [5, 5.41) is 9.29. The summed E-state index contributed by atoms with van der Waals surface area (Å²) in [5.41, 5.74) is 5.51. The molecule has 2 atom stereocenters. The van der Waals surface area contributed by atoms with Crippen LogP contribution in [0, 0.1) is 11.3 Å². The third-order valence-electron chi connectivity index (χ3n) is 4.65. The van der Waals surface area contributed by atoms with Crippen LogP contribution < -0.4 is 0 Å². The molecule has 1 heterocycles. The Hall–Kier alpha value is -1.66. The van der Waals surface area contributed by atoms with Gasteiger partial charge < -0.3 is 0 Å². The molecule has 4 rings (SSSR count). The van der Waals surface area contributed by atoms with E-state index in [9.17, 15) is 5.26 Å². The van der Waals surface area contributed by atoms with Crippen LogP contribution in [0.4, 0.5) is 0 Å². The lowest BCUT2D eigenvalue weighted by atomic mass is 9.89. The van der Waals surface area contributed by atoms with Gasteiger partial charge in [-0.15, -0.1) is 0 Å². The fraction of sp³-hybridized carbons (Fsp3) is 0.294. The van der Waals surface area contributed by atoms with E-state index >= 15 is 0 Å². The van der Waals surface area contributed by atoms with Gasteiger partial charge in [-0.3, -0.25) is 4.98 Å². The zero-order valence-corrected chi connectivity index (χ0v) is 12.5. The van der Waals surface area contributed by atoms with E-state index in [4.69, 9.17) is 0 Å². The molecule has 3 heteroatoms. The number of pyridine rings is 1. The van der Waals surface area contributed by atoms with Crippen molar-refractivity contribution in [2.45, 2.75) is 31.1 Å². The molecule has 0 amide bonds. The molecule has 0 N–H and O–H groups in total. The fourth-order valence-corrected chi connectivity index (χ4v) is 4.08. The molecule has 2 aliphatic carbocycles. The van der Waals surface area contributed by atoms with E-state index in [-0.39, 0.29) is 0 Å². The van der Waals surface area contributed by atoms with Gasteiger partial charge in [-0.25, -0.2) is 0 Å². The van der Waals surface area contributed by atoms with Gasteiger partial charge in [0.2, 0.25) is 0 Å². The normalized spacial score (nSPS) is 22.6. The van der Waals surface area contributed by atoms with Crippen molar-refractivity contribution in [2.24, 2.45) is 0 Å². The van der Waals surface area contributed by atoms with Crippen molar-refractivity contribution in [1.29, 1.82) is 5.26 Å². The third kappa shape index (κ3) is 1.72. The first kappa shape index (κ1) is 12.1. The maximum atomic E-state index is 9.29. The number of hydrogen-bond acceptors (Lipinski definition) is 2. The maximum Gasteiger partial charge on any atom is 0.101 e. The van der Waals surface area contributed by atoms with Crippen molar-refractivity contribution < 1.29 is 0 Å². The minimum Gasteiger partial charge on any atom is -0.254 e. The zero-order valence-electron chi connectivity index (χ0n) is 10.9. The molecule has 20 heavy (non-hydrogen) atoms. The van der Waals surface area contributed by atoms with Gasteiger partial charge in [-0.05, 0) is 70.3 Å². The molecule has 0 aliphatic heterocycles. The molecule has 2 unspecified atom stereocenters. The largest absolute Gasteiger partial charge is 0.254 e. The van der Waals surface area contributed by atoms with Gasteiger partial charge in [0.15, 0.2) is 0 Å². The van der Waals surface area contributed by atoms with Crippen molar-refractivity contribution in [3.8, 4) is 17.3 Å². The van der Waals surface area contributed by atoms with Crippen molar-refractivity contribution in [1.82, 2.24) is 4.98 Å². The Kier molecular flexibility index (Phi) is 2.68. The summed E-state index contributed by atoms with van der Waals surface area (Å²) in [6.07, 6.45) is 5.74. The fourth-order valence-electron chi connectivity index (χ4n) is 3.75. The number of nitrogens with zero attached hydrogens (tertiary/aromatic N) is 2. The first-order valence-corrected chi connectivity index (χ1v) is 7.75. The van der Waals surface area contributed by atoms with Gasteiger partial charge in [-0.1, -0.05) is 12.1 Å². The molecule has 0 radical (unpaired) electrons. The minimum atomic E-state index is 0.627. The Labute approximate surface area is 126 Å². The number of benzene rings is 1. The van der Waals surface area contributed by atoms with E-state index in [1.54, 1.807) is 6.20 Å². The molecule has 0 saturated heterocycles. The average Bonchev–Trinajstić information content (AvgIpc) is 3.08. The number of fused-ring (bicyclic) bond motifs is 5. The molecule has 2 nitrogen and oxygen atoms in total. The minimum absolute atomic E-state index is 0.627. The SMILES string of the molecule is N#Cc1cc(Br)cnc1-c1ccc2c(c1)C1CCC2C1. The van der Waals surface area contributed by atoms with Crippen LogP contribution in [0.15, 0.2) is 34.9 Å². The van der Waals surface area contributed by atoms with E-state index < -0.39 is 0 Å². The molecule has 2 bridgehead atoms. The summed E-state index contributed by atoms with van der Waals surface area (Å²) in [4.78, 5) is 4.44. The van der Waals surface area contributed by atoms with Gasteiger partial charge in [0, 0.05) is 16.2 Å². The zero-order chi connectivity index (χ0) is 13.7. The summed E-state index contributed by atoms with van der Waals surface area (Å²) in [6.45, 7) is 0. The third-order valence-corrected chi connectivity index (χ3v) is 5.08. The monoisotopic (exact) mass is 324 g/mol. The van der Waals surface area contributed by atoms with E-state index in [2.05, 4.69) is 45.2 Å². The van der Waals surface area contributed by atoms with E-state index in [0.717, 1.165) is 27.6 Å². The maximum absolute atomic E-state index is 9.29. The van der Waals surface area contributed by atoms with Crippen LogP contribution >= 0.6 is 15.9 Å². The Morgan fingerprint density at radius 1 is 1.15 bits per heavy atom. The van der Waals surface area contributed by atoms with Crippen molar-refractivity contribution >= 4 is 15.9 Å². The second-order valence-corrected chi connectivity index (χ2v) is 6.63. The summed E-state index contributed by atoms with van der Waals surface area (Å²) in [6, 6.07) is 10.7. The molecule has 1 fully saturated rings. The lowest BCUT2D eigenvalue weighted by Gasteiger charge is -2.16. The Morgan fingerprint density at radius 3 is 2.75 bits per heavy atom. The molecule has 2 aromatic rings. The summed E-state index contributed by atoms with van der Waals surface area (Å²) < 4.78 is 0.845. The number of rotatable bonds is 1. The first-order valence-electron chi connectivity index (χ1n) is 6.96. The highest BCUT2D eigenvalue weighted by molar-refractivity contribution is 9.10. The predicted octanol–water partition coefficient (Wildman–Crippen LogP) is 4.75. The van der Waals surface area contributed by atoms with Gasteiger partial charge in [0.05, 0.1) is 11.3 Å². The van der Waals surface area contributed by atoms with Crippen LogP contribution in [-0.2, 0) is 0 Å². The first-order chi connectivity index (χ1) is 9.76. The van der Waals surface area contributed by atoms with Crippen molar-refractivity contribution in [3.63, 3.8) is 0 Å². The highest BCUT2D eigenvalue weighted by Crippen LogP contribution is 2.53. The van der Waals surface area contributed by atoms with Crippen LogP contribution in [0.2, 0.25) is 0 Å². The van der Waals surface area contributed by atoms with Crippen LogP contribution in [0.5, 0.6) is 0 Å². The highest BCUT2D eigenvalue weighted by Gasteiger charge is 2.36. The predicted molar refractivity (Wildman–Crippen MR) is 81.4 cm³/mol. The standard InChI is InChI=1S/C17H13BrN2/c18-14-6-13(8-19)17(20-9-14)12-3-4-15-10-1-2-11(5-10)16(15)7-12/h3-4,6-7,9-11H,1-2,5H2. The molecule has 1 aromatic heterocycles. The van der Waals surface area contributed by atoms with Gasteiger partial charge >= 0.3 is 0 Å². The second-order valence-electron chi connectivity index (χ2n) is 5.71. The Balaban J connectivity index is 1.85. The lowest BCUT2D eigenvalue weighted by Crippen LogP contribution is -1.99. The molecular weight excluding hydrogens is 312 g/mol. The van der Waals surface area contributed by atoms with Crippen molar-refractivity contribution in [3.05, 3.63) is 51.6 Å². The summed E-state index contributed by atoms with van der Waals surface area (Å²) in [5.74, 6) is 1.51. The number of hydrogen-bond donors (Lipinski definition) is 0. The van der Waals surface area contributed by atoms with Crippen LogP contribution in [0.25, 0.3) is 11.3 Å². The molecule has 2 aliphatic rings. The number of nitriles is 1. The topological polar surface area (TPSA) is 36.7 Å². The smallest absolute Gasteiger partial charge is 0.101 e. The van der Waals surface area contributed by atoms with Crippen LogP contribution in [-0.4, -0.2) is 4.98 Å². The lowest BCUT2D eigenvalue weighted by molar-refractivity contribution is 0.717. The quantitative estimate of drug-likeness (QED) is 0.759. The number of aromatic nitrogens is 1. The van der Waals surface area contributed by atoms with E-state index in [1.165, 1.54) is 30.4 Å². The number of halogens is 1. The van der Waals surface area contributed by atoms with E-state index in [1.807, 2.05) is 6.07 Å². The molecule has 0 spiro atoms. The average molecular weight is 325 g/mol. The second kappa shape index (κ2) is 4.43. The van der Waals surface area contributed by atoms with Crippen LogP contribution in [0.3, 0.4) is 0 Å². The van der Waals surface area contributed by atoms with E-state index in [0.29, 0.717) is 5.56 Å². The highest BCUT2D eigenvalue weighted by atomic mass is 79.9. The summed E-state index contributed by atoms with van der Waals surface area (Å²) in [7, 11) is 0. The van der Waals surface area contributed by atoms with Gasteiger partial charge in [-0.2, -0.15) is 5.26 Å². The van der Waals surface area contributed by atoms with Gasteiger partial charge in [0.1, 0.15) is 6.07 Å². The van der Waals surface area contributed by atoms with Crippen molar-refractivity contribution in [2.75, 3.05) is 0 Å². The molecule has 1 saturated carbocycles. The van der Waals surface area contributed by atoms with Gasteiger partial charge in [0.25, 0.3) is 0 Å². The molecule has 1 aromatic carbocycles. The summed E-state index contributed by atoms with van der Waals surface area (Å²) >= 11 is 3.37. The molecule has 98 valence electrons. The Bertz CT molecular complexity index is 745. The van der Waals surface area contributed by atoms with Crippen LogP contribution in [0.1, 0.15) is 47.8 Å².